The van der Waals surface area contributed by atoms with E-state index in [1.807, 2.05) is 44.2 Å². The van der Waals surface area contributed by atoms with Crippen LogP contribution in [-0.4, -0.2) is 42.6 Å². The number of benzene rings is 2. The number of nitrogens with one attached hydrogen (secondary N) is 1. The molecule has 0 atom stereocenters. The van der Waals surface area contributed by atoms with Crippen molar-refractivity contribution in [2.24, 2.45) is 10.8 Å². The fourth-order valence-corrected chi connectivity index (χ4v) is 7.78. The number of nitrogens with zero attached hydrogens (tertiary/aromatic N) is 1. The zero-order valence-electron chi connectivity index (χ0n) is 27.1. The maximum atomic E-state index is 14.0. The van der Waals surface area contributed by atoms with Crippen LogP contribution in [0.1, 0.15) is 82.9 Å². The third-order valence-corrected chi connectivity index (χ3v) is 9.74. The second kappa shape index (κ2) is 12.0. The van der Waals surface area contributed by atoms with Gasteiger partial charge in [0.2, 0.25) is 0 Å². The molecule has 0 saturated carbocycles. The highest BCUT2D eigenvalue weighted by Crippen LogP contribution is 2.55. The molecule has 0 saturated heterocycles. The Kier molecular flexibility index (Phi) is 8.79. The van der Waals surface area contributed by atoms with E-state index in [1.165, 1.54) is 0 Å². The van der Waals surface area contributed by atoms with Crippen LogP contribution in [0.2, 0.25) is 0 Å². The van der Waals surface area contributed by atoms with Gasteiger partial charge in [-0.3, -0.25) is 14.4 Å². The Labute approximate surface area is 274 Å². The molecular weight excluding hydrogens is 667 g/mol. The first-order chi connectivity index (χ1) is 20.6. The monoisotopic (exact) mass is 710 g/mol. The Balaban J connectivity index is 1.54. The average Bonchev–Trinajstić information content (AvgIpc) is 2.91. The molecule has 0 spiro atoms. The number of halogens is 1. The summed E-state index contributed by atoms with van der Waals surface area (Å²) in [5.74, 6) is 0.361. The molecule has 8 heteroatoms. The molecule has 1 amide bonds. The molecule has 2 aromatic rings. The largest absolute Gasteiger partial charge is 0.493 e. The summed E-state index contributed by atoms with van der Waals surface area (Å²) in [7, 11) is 1.57. The van der Waals surface area contributed by atoms with Gasteiger partial charge in [-0.15, -0.1) is 0 Å². The van der Waals surface area contributed by atoms with Gasteiger partial charge in [0.05, 0.1) is 10.7 Å². The predicted octanol–water partition coefficient (Wildman–Crippen LogP) is 7.64. The Hall–Kier alpha value is -3.14. The first kappa shape index (κ1) is 32.3. The van der Waals surface area contributed by atoms with E-state index in [2.05, 4.69) is 67.4 Å². The fraction of sp³-hybridized carbons (Fsp3) is 0.472. The van der Waals surface area contributed by atoms with E-state index in [0.29, 0.717) is 30.9 Å². The minimum atomic E-state index is -0.473. The van der Waals surface area contributed by atoms with Crippen molar-refractivity contribution in [3.8, 4) is 11.5 Å². The Bertz CT molecular complexity index is 1560. The summed E-state index contributed by atoms with van der Waals surface area (Å²) in [5.41, 5.74) is 6.83. The summed E-state index contributed by atoms with van der Waals surface area (Å²) in [6.45, 7) is 15.1. The minimum Gasteiger partial charge on any atom is -0.493 e. The molecule has 1 N–H and O–H groups in total. The third kappa shape index (κ3) is 6.19. The summed E-state index contributed by atoms with van der Waals surface area (Å²) in [6.07, 6.45) is 2.42. The van der Waals surface area contributed by atoms with E-state index in [1.54, 1.807) is 7.11 Å². The van der Waals surface area contributed by atoms with Crippen molar-refractivity contribution in [1.29, 1.82) is 0 Å². The Morgan fingerprint density at radius 2 is 1.55 bits per heavy atom. The van der Waals surface area contributed by atoms with Gasteiger partial charge in [0, 0.05) is 53.5 Å². The molecule has 0 radical (unpaired) electrons. The van der Waals surface area contributed by atoms with Gasteiger partial charge >= 0.3 is 0 Å². The maximum Gasteiger partial charge on any atom is 0.262 e. The van der Waals surface area contributed by atoms with Gasteiger partial charge in [0.1, 0.15) is 0 Å². The number of allylic oxidation sites excluding steroid dienone is 4. The Morgan fingerprint density at radius 3 is 2.09 bits per heavy atom. The van der Waals surface area contributed by atoms with Crippen LogP contribution in [0.15, 0.2) is 52.9 Å². The van der Waals surface area contributed by atoms with Crippen LogP contribution >= 0.6 is 22.6 Å². The summed E-state index contributed by atoms with van der Waals surface area (Å²) in [4.78, 5) is 43.0. The van der Waals surface area contributed by atoms with E-state index < -0.39 is 5.92 Å². The maximum absolute atomic E-state index is 14.0. The number of amides is 1. The molecule has 2 aromatic carbocycles. The first-order valence-corrected chi connectivity index (χ1v) is 16.4. The van der Waals surface area contributed by atoms with Crippen molar-refractivity contribution < 1.29 is 23.9 Å². The summed E-state index contributed by atoms with van der Waals surface area (Å²) in [6, 6.07) is 9.76. The molecule has 7 nitrogen and oxygen atoms in total. The molecule has 2 aliphatic carbocycles. The summed E-state index contributed by atoms with van der Waals surface area (Å²) < 4.78 is 12.6. The van der Waals surface area contributed by atoms with Crippen molar-refractivity contribution in [1.82, 2.24) is 4.90 Å². The lowest BCUT2D eigenvalue weighted by Gasteiger charge is -2.49. The highest BCUT2D eigenvalue weighted by molar-refractivity contribution is 14.1. The quantitative estimate of drug-likeness (QED) is 0.298. The molecule has 0 bridgehead atoms. The van der Waals surface area contributed by atoms with Crippen molar-refractivity contribution in [3.05, 3.63) is 73.1 Å². The SMILES string of the molecule is CCN1C2=C(C(=O)CC(C)(C)C2)C(c2cc(I)c(OCC(=O)Nc3cc(C)ccc3C)c(OC)c2)C2=C1CC(C)(C)CC2=O. The highest BCUT2D eigenvalue weighted by atomic mass is 127. The number of rotatable bonds is 7. The predicted molar refractivity (Wildman–Crippen MR) is 181 cm³/mol. The van der Waals surface area contributed by atoms with Crippen molar-refractivity contribution in [2.75, 3.05) is 25.6 Å². The van der Waals surface area contributed by atoms with Gasteiger partial charge in [-0.2, -0.15) is 0 Å². The van der Waals surface area contributed by atoms with Crippen LogP contribution < -0.4 is 14.8 Å². The number of Topliss-reactive ketones (excluding diaryl/α,β-unsaturated/α-hetero) is 2. The summed E-state index contributed by atoms with van der Waals surface area (Å²) >= 11 is 2.19. The zero-order chi connectivity index (χ0) is 32.1. The van der Waals surface area contributed by atoms with Crippen LogP contribution in [0.3, 0.4) is 0 Å². The Morgan fingerprint density at radius 1 is 0.955 bits per heavy atom. The molecule has 3 aliphatic rings. The number of carbonyl (C=O) groups is 3. The van der Waals surface area contributed by atoms with Crippen molar-refractivity contribution in [2.45, 2.75) is 80.1 Å². The fourth-order valence-electron chi connectivity index (χ4n) is 7.00. The van der Waals surface area contributed by atoms with Crippen LogP contribution in [0.5, 0.6) is 11.5 Å². The smallest absolute Gasteiger partial charge is 0.262 e. The number of methoxy groups -OCH3 is 1. The van der Waals surface area contributed by atoms with E-state index in [-0.39, 0.29) is 34.9 Å². The highest BCUT2D eigenvalue weighted by Gasteiger charge is 2.48. The van der Waals surface area contributed by atoms with Gasteiger partial charge in [-0.25, -0.2) is 0 Å². The van der Waals surface area contributed by atoms with Crippen LogP contribution in [-0.2, 0) is 14.4 Å². The number of hydrogen-bond donors (Lipinski definition) is 1. The lowest BCUT2D eigenvalue weighted by molar-refractivity contribution is -0.120. The van der Waals surface area contributed by atoms with Gasteiger partial charge in [-0.05, 0) is 102 Å². The molecule has 1 heterocycles. The third-order valence-electron chi connectivity index (χ3n) is 8.94. The van der Waals surface area contributed by atoms with Crippen LogP contribution in [0.4, 0.5) is 5.69 Å². The minimum absolute atomic E-state index is 0.0984. The number of aryl methyl sites for hydroxylation is 2. The van der Waals surface area contributed by atoms with Crippen molar-refractivity contribution >= 4 is 45.8 Å². The number of ether oxygens (including phenoxy) is 2. The number of ketones is 2. The van der Waals surface area contributed by atoms with Crippen LogP contribution in [0, 0.1) is 28.2 Å². The zero-order valence-corrected chi connectivity index (χ0v) is 29.2. The van der Waals surface area contributed by atoms with Crippen LogP contribution in [0.25, 0.3) is 0 Å². The van der Waals surface area contributed by atoms with E-state index in [4.69, 9.17) is 9.47 Å². The number of carbonyl (C=O) groups excluding carboxylic acids is 3. The van der Waals surface area contributed by atoms with E-state index >= 15 is 0 Å². The lowest BCUT2D eigenvalue weighted by atomic mass is 9.63. The second-order valence-corrected chi connectivity index (χ2v) is 15.1. The second-order valence-electron chi connectivity index (χ2n) is 14.0. The normalized spacial score (nSPS) is 19.5. The van der Waals surface area contributed by atoms with Gasteiger partial charge in [0.15, 0.2) is 29.7 Å². The molecule has 5 rings (SSSR count). The lowest BCUT2D eigenvalue weighted by Crippen LogP contribution is -2.44. The molecule has 44 heavy (non-hydrogen) atoms. The van der Waals surface area contributed by atoms with Gasteiger partial charge < -0.3 is 19.7 Å². The van der Waals surface area contributed by atoms with Gasteiger partial charge in [-0.1, -0.05) is 39.8 Å². The molecular formula is C36H43IN2O5. The van der Waals surface area contributed by atoms with Crippen molar-refractivity contribution in [3.63, 3.8) is 0 Å². The molecule has 0 aromatic heterocycles. The molecule has 0 unspecified atom stereocenters. The van der Waals surface area contributed by atoms with Gasteiger partial charge in [0.25, 0.3) is 5.91 Å². The molecule has 0 fully saturated rings. The topological polar surface area (TPSA) is 84.9 Å². The van der Waals surface area contributed by atoms with E-state index in [0.717, 1.165) is 61.3 Å². The average molecular weight is 711 g/mol. The van der Waals surface area contributed by atoms with E-state index in [9.17, 15) is 14.4 Å². The number of hydrogen-bond acceptors (Lipinski definition) is 6. The first-order valence-electron chi connectivity index (χ1n) is 15.3. The number of anilines is 1. The molecule has 1 aliphatic heterocycles. The summed E-state index contributed by atoms with van der Waals surface area (Å²) in [5, 5.41) is 2.94. The standard InChI is InChI=1S/C36H43IN2O5/c1-9-39-25-15-35(4,5)17-27(40)32(25)31(33-26(39)16-36(6,7)18-28(33)41)22-13-23(37)34(29(14-22)43-8)44-19-30(42)38-24-12-20(2)10-11-21(24)3/h10-14,31H,9,15-19H2,1-8H3,(H,38,42). The molecule has 234 valence electrons.